The molecule has 1 heterocycles. The molecule has 1 aromatic carbocycles. The Hall–Kier alpha value is -2.14. The second-order valence-electron chi connectivity index (χ2n) is 6.49. The Labute approximate surface area is 156 Å². The summed E-state index contributed by atoms with van der Waals surface area (Å²) in [5.74, 6) is 1.45. The lowest BCUT2D eigenvalue weighted by molar-refractivity contribution is 0.318. The topological polar surface area (TPSA) is 37.4 Å². The number of pyridine rings is 1. The lowest BCUT2D eigenvalue weighted by Crippen LogP contribution is -2.38. The van der Waals surface area contributed by atoms with E-state index in [1.807, 2.05) is 48.8 Å². The number of anilines is 1. The maximum Gasteiger partial charge on any atom is 0.173 e. The third-order valence-electron chi connectivity index (χ3n) is 4.21. The zero-order valence-electron chi connectivity index (χ0n) is 15.4. The Morgan fingerprint density at radius 2 is 1.76 bits per heavy atom. The summed E-state index contributed by atoms with van der Waals surface area (Å²) in [5, 5.41) is 4.09. The minimum absolute atomic E-state index is 0.181. The van der Waals surface area contributed by atoms with Crippen LogP contribution < -0.4 is 10.1 Å². The van der Waals surface area contributed by atoms with Crippen molar-refractivity contribution in [1.82, 2.24) is 9.88 Å². The van der Waals surface area contributed by atoms with Gasteiger partial charge in [0.2, 0.25) is 0 Å². The van der Waals surface area contributed by atoms with E-state index in [2.05, 4.69) is 36.0 Å². The molecule has 25 heavy (non-hydrogen) atoms. The smallest absolute Gasteiger partial charge is 0.173 e. The van der Waals surface area contributed by atoms with Crippen molar-refractivity contribution >= 4 is 23.0 Å². The zero-order chi connectivity index (χ0) is 18.2. The van der Waals surface area contributed by atoms with E-state index in [1.54, 1.807) is 7.11 Å². The number of nitrogens with zero attached hydrogens (tertiary/aromatic N) is 2. The highest BCUT2D eigenvalue weighted by molar-refractivity contribution is 7.80. The molecule has 4 nitrogen and oxygen atoms in total. The van der Waals surface area contributed by atoms with E-state index in [0.29, 0.717) is 5.92 Å². The van der Waals surface area contributed by atoms with Gasteiger partial charge in [0.15, 0.2) is 5.11 Å². The summed E-state index contributed by atoms with van der Waals surface area (Å²) in [6.45, 7) is 7.55. The Balaban J connectivity index is 2.13. The quantitative estimate of drug-likeness (QED) is 0.714. The largest absolute Gasteiger partial charge is 0.497 e. The van der Waals surface area contributed by atoms with Crippen LogP contribution in [-0.2, 0) is 0 Å². The minimum atomic E-state index is 0.181. The van der Waals surface area contributed by atoms with Crippen LogP contribution >= 0.6 is 12.2 Å². The highest BCUT2D eigenvalue weighted by atomic mass is 32.1. The molecule has 0 radical (unpaired) electrons. The molecule has 0 saturated carbocycles. The van der Waals surface area contributed by atoms with Gasteiger partial charge in [-0.3, -0.25) is 4.98 Å². The molecule has 0 fully saturated rings. The van der Waals surface area contributed by atoms with E-state index in [-0.39, 0.29) is 6.04 Å². The highest BCUT2D eigenvalue weighted by Crippen LogP contribution is 2.23. The maximum atomic E-state index is 5.71. The highest BCUT2D eigenvalue weighted by Gasteiger charge is 2.19. The molecule has 0 aliphatic carbocycles. The van der Waals surface area contributed by atoms with Gasteiger partial charge >= 0.3 is 0 Å². The van der Waals surface area contributed by atoms with Gasteiger partial charge in [0.25, 0.3) is 0 Å². The first-order valence-corrected chi connectivity index (χ1v) is 9.03. The molecule has 1 aromatic heterocycles. The van der Waals surface area contributed by atoms with Gasteiger partial charge < -0.3 is 15.0 Å². The van der Waals surface area contributed by atoms with Gasteiger partial charge in [0, 0.05) is 24.6 Å². The first-order chi connectivity index (χ1) is 12.0. The number of benzene rings is 1. The molecule has 0 saturated heterocycles. The Bertz CT molecular complexity index is 658. The van der Waals surface area contributed by atoms with Gasteiger partial charge in [0.1, 0.15) is 5.75 Å². The van der Waals surface area contributed by atoms with Crippen molar-refractivity contribution in [3.8, 4) is 5.75 Å². The third-order valence-corrected chi connectivity index (χ3v) is 4.54. The standard InChI is InChI=1S/C20H27N3OS/c1-15(2)11-14-23(16(3)17-9-12-21-13-10-17)20(25)22-18-5-7-19(24-4)8-6-18/h5-10,12-13,15-16H,11,14H2,1-4H3,(H,22,25)/t16-/m1/s1. The van der Waals surface area contributed by atoms with Gasteiger partial charge in [-0.2, -0.15) is 0 Å². The molecule has 5 heteroatoms. The normalized spacial score (nSPS) is 11.9. The van der Waals surface area contributed by atoms with Gasteiger partial charge in [-0.05, 0) is 73.4 Å². The van der Waals surface area contributed by atoms with Gasteiger partial charge in [-0.1, -0.05) is 13.8 Å². The minimum Gasteiger partial charge on any atom is -0.497 e. The van der Waals surface area contributed by atoms with E-state index in [0.717, 1.165) is 29.5 Å². The summed E-state index contributed by atoms with van der Waals surface area (Å²) in [6, 6.07) is 12.1. The van der Waals surface area contributed by atoms with Crippen LogP contribution in [0, 0.1) is 5.92 Å². The average molecular weight is 358 g/mol. The van der Waals surface area contributed by atoms with Crippen molar-refractivity contribution in [2.24, 2.45) is 5.92 Å². The van der Waals surface area contributed by atoms with Crippen LogP contribution in [0.3, 0.4) is 0 Å². The van der Waals surface area contributed by atoms with Crippen molar-refractivity contribution in [2.75, 3.05) is 19.0 Å². The molecule has 2 rings (SSSR count). The second kappa shape index (κ2) is 9.37. The monoisotopic (exact) mass is 357 g/mol. The number of hydrogen-bond donors (Lipinski definition) is 1. The molecule has 134 valence electrons. The zero-order valence-corrected chi connectivity index (χ0v) is 16.2. The average Bonchev–Trinajstić information content (AvgIpc) is 2.63. The Kier molecular flexibility index (Phi) is 7.19. The molecule has 0 unspecified atom stereocenters. The number of thiocarbonyl (C=S) groups is 1. The number of rotatable bonds is 7. The van der Waals surface area contributed by atoms with Gasteiger partial charge in [-0.25, -0.2) is 0 Å². The van der Waals surface area contributed by atoms with Crippen LogP contribution in [0.2, 0.25) is 0 Å². The van der Waals surface area contributed by atoms with E-state index in [1.165, 1.54) is 5.56 Å². The number of aromatic nitrogens is 1. The van der Waals surface area contributed by atoms with E-state index in [4.69, 9.17) is 17.0 Å². The predicted octanol–water partition coefficient (Wildman–Crippen LogP) is 4.90. The second-order valence-corrected chi connectivity index (χ2v) is 6.88. The molecule has 2 aromatic rings. The molecule has 0 spiro atoms. The van der Waals surface area contributed by atoms with Crippen LogP contribution in [0.5, 0.6) is 5.75 Å². The molecule has 1 N–H and O–H groups in total. The molecule has 0 aliphatic heterocycles. The predicted molar refractivity (Wildman–Crippen MR) is 108 cm³/mol. The molecule has 0 aliphatic rings. The molecule has 0 bridgehead atoms. The summed E-state index contributed by atoms with van der Waals surface area (Å²) < 4.78 is 5.21. The molecular formula is C20H27N3OS. The summed E-state index contributed by atoms with van der Waals surface area (Å²) in [7, 11) is 1.66. The van der Waals surface area contributed by atoms with Crippen molar-refractivity contribution in [3.63, 3.8) is 0 Å². The summed E-state index contributed by atoms with van der Waals surface area (Å²) in [6.07, 6.45) is 4.73. The summed E-state index contributed by atoms with van der Waals surface area (Å²) >= 11 is 5.71. The van der Waals surface area contributed by atoms with Gasteiger partial charge in [-0.15, -0.1) is 0 Å². The Morgan fingerprint density at radius 3 is 2.32 bits per heavy atom. The SMILES string of the molecule is COc1ccc(NC(=S)N(CCC(C)C)[C@H](C)c2ccncc2)cc1. The fourth-order valence-electron chi connectivity index (χ4n) is 2.56. The van der Waals surface area contributed by atoms with Crippen molar-refractivity contribution in [2.45, 2.75) is 33.2 Å². The van der Waals surface area contributed by atoms with Crippen LogP contribution in [0.1, 0.15) is 38.8 Å². The number of ether oxygens (including phenoxy) is 1. The number of methoxy groups -OCH3 is 1. The molecule has 1 atom stereocenters. The Morgan fingerprint density at radius 1 is 1.12 bits per heavy atom. The molecular weight excluding hydrogens is 330 g/mol. The summed E-state index contributed by atoms with van der Waals surface area (Å²) in [5.41, 5.74) is 2.17. The van der Waals surface area contributed by atoms with Crippen LogP contribution in [0.15, 0.2) is 48.8 Å². The lowest BCUT2D eigenvalue weighted by atomic mass is 10.1. The summed E-state index contributed by atoms with van der Waals surface area (Å²) in [4.78, 5) is 6.36. The van der Waals surface area contributed by atoms with Crippen molar-refractivity contribution in [1.29, 1.82) is 0 Å². The van der Waals surface area contributed by atoms with Crippen LogP contribution in [-0.4, -0.2) is 28.7 Å². The molecule has 0 amide bonds. The van der Waals surface area contributed by atoms with E-state index < -0.39 is 0 Å². The first-order valence-electron chi connectivity index (χ1n) is 8.63. The number of hydrogen-bond acceptors (Lipinski definition) is 3. The van der Waals surface area contributed by atoms with Crippen LogP contribution in [0.25, 0.3) is 0 Å². The third kappa shape index (κ3) is 5.71. The maximum absolute atomic E-state index is 5.71. The van der Waals surface area contributed by atoms with Crippen LogP contribution in [0.4, 0.5) is 5.69 Å². The van der Waals surface area contributed by atoms with E-state index in [9.17, 15) is 0 Å². The fraction of sp³-hybridized carbons (Fsp3) is 0.400. The van der Waals surface area contributed by atoms with Gasteiger partial charge in [0.05, 0.1) is 13.2 Å². The van der Waals surface area contributed by atoms with E-state index >= 15 is 0 Å². The lowest BCUT2D eigenvalue weighted by Gasteiger charge is -2.32. The van der Waals surface area contributed by atoms with Crippen molar-refractivity contribution < 1.29 is 4.74 Å². The first kappa shape index (κ1) is 19.2. The number of nitrogens with one attached hydrogen (secondary N) is 1. The van der Waals surface area contributed by atoms with Crippen molar-refractivity contribution in [3.05, 3.63) is 54.4 Å². The fourth-order valence-corrected chi connectivity index (χ4v) is 2.93.